The number of methoxy groups -OCH3 is 1. The predicted octanol–water partition coefficient (Wildman–Crippen LogP) is 2.90. The first-order valence-electron chi connectivity index (χ1n) is 10.6. The summed E-state index contributed by atoms with van der Waals surface area (Å²) in [6, 6.07) is 7.81. The number of aromatic nitrogens is 2. The number of rotatable bonds is 7. The van der Waals surface area contributed by atoms with Crippen LogP contribution in [0.4, 0.5) is 0 Å². The molecule has 0 aliphatic carbocycles. The van der Waals surface area contributed by atoms with Gasteiger partial charge in [-0.15, -0.1) is 0 Å². The number of hydrogen-bond donors (Lipinski definition) is 1. The van der Waals surface area contributed by atoms with Crippen molar-refractivity contribution >= 4 is 11.8 Å². The average Bonchev–Trinajstić information content (AvgIpc) is 2.88. The first-order chi connectivity index (χ1) is 14.4. The van der Waals surface area contributed by atoms with Crippen molar-refractivity contribution in [2.75, 3.05) is 13.7 Å². The van der Waals surface area contributed by atoms with Gasteiger partial charge in [0, 0.05) is 44.2 Å². The van der Waals surface area contributed by atoms with Crippen LogP contribution < -0.4 is 10.1 Å². The minimum atomic E-state index is 0.0129. The fraction of sp³-hybridized carbons (Fsp3) is 0.522. The third-order valence-electron chi connectivity index (χ3n) is 5.97. The van der Waals surface area contributed by atoms with Gasteiger partial charge in [-0.25, -0.2) is 0 Å². The number of hydrogen-bond acceptors (Lipinski definition) is 4. The number of nitrogens with one attached hydrogen (secondary N) is 1. The van der Waals surface area contributed by atoms with Crippen molar-refractivity contribution in [3.63, 3.8) is 0 Å². The van der Waals surface area contributed by atoms with Gasteiger partial charge in [0.2, 0.25) is 11.8 Å². The highest BCUT2D eigenvalue weighted by Gasteiger charge is 2.23. The lowest BCUT2D eigenvalue weighted by Gasteiger charge is -2.21. The van der Waals surface area contributed by atoms with E-state index >= 15 is 0 Å². The summed E-state index contributed by atoms with van der Waals surface area (Å²) in [6.07, 6.45) is 2.28. The van der Waals surface area contributed by atoms with Gasteiger partial charge in [0.15, 0.2) is 0 Å². The maximum Gasteiger partial charge on any atom is 0.222 e. The molecule has 1 aromatic carbocycles. The molecule has 30 heavy (non-hydrogen) atoms. The number of benzene rings is 1. The Morgan fingerprint density at radius 2 is 2.07 bits per heavy atom. The normalized spacial score (nSPS) is 17.0. The van der Waals surface area contributed by atoms with Crippen LogP contribution in [0, 0.1) is 20.8 Å². The molecule has 1 atom stereocenters. The zero-order valence-electron chi connectivity index (χ0n) is 18.4. The molecule has 3 rings (SSSR count). The van der Waals surface area contributed by atoms with Crippen LogP contribution in [-0.2, 0) is 22.7 Å². The van der Waals surface area contributed by atoms with E-state index in [9.17, 15) is 9.59 Å². The first kappa shape index (κ1) is 21.9. The summed E-state index contributed by atoms with van der Waals surface area (Å²) >= 11 is 0. The largest absolute Gasteiger partial charge is 0.497 e. The Hall–Kier alpha value is -2.83. The number of carbonyl (C=O) groups is 2. The molecule has 0 radical (unpaired) electrons. The predicted molar refractivity (Wildman–Crippen MR) is 115 cm³/mol. The highest BCUT2D eigenvalue weighted by molar-refractivity contribution is 5.78. The van der Waals surface area contributed by atoms with Crippen LogP contribution in [0.5, 0.6) is 5.75 Å². The molecule has 162 valence electrons. The average molecular weight is 413 g/mol. The lowest BCUT2D eigenvalue weighted by Crippen LogP contribution is -2.36. The van der Waals surface area contributed by atoms with Crippen molar-refractivity contribution in [2.24, 2.45) is 0 Å². The summed E-state index contributed by atoms with van der Waals surface area (Å²) in [4.78, 5) is 26.9. The van der Waals surface area contributed by atoms with Gasteiger partial charge in [0.1, 0.15) is 5.75 Å². The monoisotopic (exact) mass is 412 g/mol. The minimum absolute atomic E-state index is 0.0129. The Bertz CT molecular complexity index is 906. The standard InChI is InChI=1S/C23H32N4O3/c1-16-17(2)25-27(18(16)3)13-11-22(28)24-20-8-9-23(29)26(12-10-20)15-19-6-5-7-21(14-19)30-4/h5-7,14,20H,8-13,15H2,1-4H3,(H,24,28). The number of nitrogens with zero attached hydrogens (tertiary/aromatic N) is 3. The quantitative estimate of drug-likeness (QED) is 0.759. The summed E-state index contributed by atoms with van der Waals surface area (Å²) < 4.78 is 7.17. The SMILES string of the molecule is COc1cccc(CN2CCC(NC(=O)CCn3nc(C)c(C)c3C)CCC2=O)c1. The molecule has 1 unspecified atom stereocenters. The smallest absolute Gasteiger partial charge is 0.222 e. The van der Waals surface area contributed by atoms with Crippen LogP contribution in [0.1, 0.15) is 48.2 Å². The molecule has 1 aliphatic rings. The fourth-order valence-electron chi connectivity index (χ4n) is 3.85. The van der Waals surface area contributed by atoms with E-state index in [0.29, 0.717) is 38.9 Å². The van der Waals surface area contributed by atoms with Crippen molar-refractivity contribution in [1.29, 1.82) is 0 Å². The number of carbonyl (C=O) groups excluding carboxylic acids is 2. The van der Waals surface area contributed by atoms with E-state index in [2.05, 4.69) is 10.4 Å². The molecule has 2 heterocycles. The number of amides is 2. The van der Waals surface area contributed by atoms with Gasteiger partial charge < -0.3 is 15.0 Å². The van der Waals surface area contributed by atoms with Gasteiger partial charge in [-0.3, -0.25) is 14.3 Å². The third-order valence-corrected chi connectivity index (χ3v) is 5.97. The second-order valence-corrected chi connectivity index (χ2v) is 8.03. The van der Waals surface area contributed by atoms with Crippen molar-refractivity contribution in [2.45, 2.75) is 65.6 Å². The lowest BCUT2D eigenvalue weighted by atomic mass is 10.1. The van der Waals surface area contributed by atoms with Gasteiger partial charge in [-0.2, -0.15) is 5.10 Å². The second-order valence-electron chi connectivity index (χ2n) is 8.03. The molecular formula is C23H32N4O3. The molecule has 1 saturated heterocycles. The van der Waals surface area contributed by atoms with Crippen LogP contribution in [0.15, 0.2) is 24.3 Å². The van der Waals surface area contributed by atoms with Gasteiger partial charge >= 0.3 is 0 Å². The van der Waals surface area contributed by atoms with Gasteiger partial charge in [-0.1, -0.05) is 12.1 Å². The first-order valence-corrected chi connectivity index (χ1v) is 10.6. The highest BCUT2D eigenvalue weighted by Crippen LogP contribution is 2.18. The van der Waals surface area contributed by atoms with Crippen molar-refractivity contribution in [3.05, 3.63) is 46.8 Å². The van der Waals surface area contributed by atoms with Gasteiger partial charge in [0.25, 0.3) is 0 Å². The molecule has 1 fully saturated rings. The summed E-state index contributed by atoms with van der Waals surface area (Å²) in [5.41, 5.74) is 4.33. The molecule has 0 spiro atoms. The second kappa shape index (κ2) is 9.78. The summed E-state index contributed by atoms with van der Waals surface area (Å²) in [5.74, 6) is 0.935. The Kier molecular flexibility index (Phi) is 7.13. The number of likely N-dealkylation sites (tertiary alicyclic amines) is 1. The number of aryl methyl sites for hydroxylation is 2. The molecule has 0 bridgehead atoms. The topological polar surface area (TPSA) is 76.5 Å². The van der Waals surface area contributed by atoms with Gasteiger partial charge in [0.05, 0.1) is 12.8 Å². The van der Waals surface area contributed by atoms with Crippen LogP contribution >= 0.6 is 0 Å². The molecule has 0 saturated carbocycles. The van der Waals surface area contributed by atoms with E-state index < -0.39 is 0 Å². The van der Waals surface area contributed by atoms with E-state index in [-0.39, 0.29) is 17.9 Å². The summed E-state index contributed by atoms with van der Waals surface area (Å²) in [6.45, 7) is 7.83. The van der Waals surface area contributed by atoms with Crippen LogP contribution in [0.3, 0.4) is 0 Å². The molecule has 7 heteroatoms. The molecule has 7 nitrogen and oxygen atoms in total. The van der Waals surface area contributed by atoms with Crippen LogP contribution in [0.25, 0.3) is 0 Å². The zero-order valence-corrected chi connectivity index (χ0v) is 18.4. The molecule has 1 N–H and O–H groups in total. The molecule has 2 amide bonds. The Balaban J connectivity index is 1.50. The van der Waals surface area contributed by atoms with E-state index in [1.54, 1.807) is 7.11 Å². The number of ether oxygens (including phenoxy) is 1. The van der Waals surface area contributed by atoms with E-state index in [1.165, 1.54) is 5.56 Å². The van der Waals surface area contributed by atoms with Crippen LogP contribution in [0.2, 0.25) is 0 Å². The Morgan fingerprint density at radius 3 is 2.77 bits per heavy atom. The molecular weight excluding hydrogens is 380 g/mol. The molecule has 1 aromatic heterocycles. The highest BCUT2D eigenvalue weighted by atomic mass is 16.5. The summed E-state index contributed by atoms with van der Waals surface area (Å²) in [7, 11) is 1.64. The third kappa shape index (κ3) is 5.40. The maximum atomic E-state index is 12.6. The molecule has 1 aliphatic heterocycles. The van der Waals surface area contributed by atoms with Crippen molar-refractivity contribution < 1.29 is 14.3 Å². The zero-order chi connectivity index (χ0) is 21.7. The van der Waals surface area contributed by atoms with Crippen molar-refractivity contribution in [1.82, 2.24) is 20.0 Å². The summed E-state index contributed by atoms with van der Waals surface area (Å²) in [5, 5.41) is 7.61. The van der Waals surface area contributed by atoms with Gasteiger partial charge in [-0.05, 0) is 56.9 Å². The van der Waals surface area contributed by atoms with E-state index in [0.717, 1.165) is 29.1 Å². The van der Waals surface area contributed by atoms with E-state index in [4.69, 9.17) is 4.74 Å². The molecule has 2 aromatic rings. The lowest BCUT2D eigenvalue weighted by molar-refractivity contribution is -0.131. The minimum Gasteiger partial charge on any atom is -0.497 e. The van der Waals surface area contributed by atoms with Crippen molar-refractivity contribution in [3.8, 4) is 5.75 Å². The fourth-order valence-corrected chi connectivity index (χ4v) is 3.85. The Morgan fingerprint density at radius 1 is 1.27 bits per heavy atom. The van der Waals surface area contributed by atoms with Crippen LogP contribution in [-0.4, -0.2) is 46.2 Å². The maximum absolute atomic E-state index is 12.6. The van der Waals surface area contributed by atoms with E-state index in [1.807, 2.05) is 54.6 Å². The Labute approximate surface area is 178 Å².